The molecule has 0 amide bonds. The average molecular weight is 254 g/mol. The van der Waals surface area contributed by atoms with Gasteiger partial charge in [0.1, 0.15) is 0 Å². The van der Waals surface area contributed by atoms with Gasteiger partial charge in [0.15, 0.2) is 0 Å². The minimum atomic E-state index is 0.250. The lowest BCUT2D eigenvalue weighted by atomic mass is 9.94. The molecule has 2 rings (SSSR count). The van der Waals surface area contributed by atoms with Crippen molar-refractivity contribution in [1.82, 2.24) is 10.3 Å². The second kappa shape index (κ2) is 6.48. The fraction of sp³-hybridized carbons (Fsp3) is 0.353. The number of aryl methyl sites for hydroxylation is 2. The number of nitrogens with zero attached hydrogens (tertiary/aromatic N) is 1. The van der Waals surface area contributed by atoms with Crippen LogP contribution in [0.15, 0.2) is 42.7 Å². The lowest BCUT2D eigenvalue weighted by molar-refractivity contribution is 0.626. The molecule has 1 heterocycles. The molecule has 0 aliphatic carbocycles. The summed E-state index contributed by atoms with van der Waals surface area (Å²) in [6.07, 6.45) is 4.88. The molecule has 0 saturated heterocycles. The maximum Gasteiger partial charge on any atom is 0.0580 e. The van der Waals surface area contributed by atoms with E-state index in [9.17, 15) is 0 Å². The highest BCUT2D eigenvalue weighted by Crippen LogP contribution is 2.25. The molecule has 0 aliphatic heterocycles. The van der Waals surface area contributed by atoms with E-state index in [1.54, 1.807) is 0 Å². The van der Waals surface area contributed by atoms with E-state index >= 15 is 0 Å². The van der Waals surface area contributed by atoms with Crippen LogP contribution in [0.4, 0.5) is 0 Å². The van der Waals surface area contributed by atoms with Crippen LogP contribution in [0.3, 0.4) is 0 Å². The molecule has 2 heteroatoms. The SMILES string of the molecule is CCNC(c1cccc(CC)c1)c1ccncc1C. The number of nitrogens with one attached hydrogen (secondary N) is 1. The Balaban J connectivity index is 2.42. The van der Waals surface area contributed by atoms with Crippen molar-refractivity contribution in [3.8, 4) is 0 Å². The Morgan fingerprint density at radius 3 is 2.74 bits per heavy atom. The molecule has 0 bridgehead atoms. The lowest BCUT2D eigenvalue weighted by Crippen LogP contribution is -2.23. The van der Waals surface area contributed by atoms with Crippen LogP contribution in [0.5, 0.6) is 0 Å². The van der Waals surface area contributed by atoms with E-state index in [4.69, 9.17) is 0 Å². The van der Waals surface area contributed by atoms with Gasteiger partial charge in [-0.05, 0) is 48.2 Å². The first-order chi connectivity index (χ1) is 9.26. The van der Waals surface area contributed by atoms with Gasteiger partial charge in [-0.1, -0.05) is 38.1 Å². The van der Waals surface area contributed by atoms with Crippen LogP contribution >= 0.6 is 0 Å². The summed E-state index contributed by atoms with van der Waals surface area (Å²) in [7, 11) is 0. The quantitative estimate of drug-likeness (QED) is 0.881. The van der Waals surface area contributed by atoms with Crippen LogP contribution in [0.1, 0.15) is 42.1 Å². The van der Waals surface area contributed by atoms with Gasteiger partial charge in [-0.25, -0.2) is 0 Å². The third-order valence-corrected chi connectivity index (χ3v) is 3.48. The molecule has 0 saturated carbocycles. The Hall–Kier alpha value is -1.67. The Morgan fingerprint density at radius 2 is 2.05 bits per heavy atom. The van der Waals surface area contributed by atoms with E-state index < -0.39 is 0 Å². The summed E-state index contributed by atoms with van der Waals surface area (Å²) < 4.78 is 0. The Kier molecular flexibility index (Phi) is 4.69. The van der Waals surface area contributed by atoms with E-state index in [0.717, 1.165) is 13.0 Å². The van der Waals surface area contributed by atoms with Crippen LogP contribution in [-0.4, -0.2) is 11.5 Å². The minimum Gasteiger partial charge on any atom is -0.307 e. The van der Waals surface area contributed by atoms with Crippen molar-refractivity contribution in [3.63, 3.8) is 0 Å². The molecule has 2 nitrogen and oxygen atoms in total. The van der Waals surface area contributed by atoms with Gasteiger partial charge in [0.25, 0.3) is 0 Å². The van der Waals surface area contributed by atoms with Crippen molar-refractivity contribution >= 4 is 0 Å². The molecule has 0 aliphatic rings. The van der Waals surface area contributed by atoms with Crippen molar-refractivity contribution in [3.05, 3.63) is 65.0 Å². The summed E-state index contributed by atoms with van der Waals surface area (Å²) in [6.45, 7) is 7.41. The summed E-state index contributed by atoms with van der Waals surface area (Å²) >= 11 is 0. The summed E-state index contributed by atoms with van der Waals surface area (Å²) in [5.74, 6) is 0. The number of rotatable bonds is 5. The van der Waals surface area contributed by atoms with Crippen LogP contribution in [0, 0.1) is 6.92 Å². The van der Waals surface area contributed by atoms with Gasteiger partial charge in [-0.3, -0.25) is 4.98 Å². The molecule has 19 heavy (non-hydrogen) atoms. The highest BCUT2D eigenvalue weighted by Gasteiger charge is 2.15. The molecule has 0 spiro atoms. The van der Waals surface area contributed by atoms with Crippen molar-refractivity contribution in [2.75, 3.05) is 6.54 Å². The van der Waals surface area contributed by atoms with E-state index in [0.29, 0.717) is 0 Å². The van der Waals surface area contributed by atoms with Crippen LogP contribution in [0.2, 0.25) is 0 Å². The number of hydrogen-bond acceptors (Lipinski definition) is 2. The zero-order valence-corrected chi connectivity index (χ0v) is 12.0. The van der Waals surface area contributed by atoms with Gasteiger partial charge in [0.2, 0.25) is 0 Å². The van der Waals surface area contributed by atoms with Gasteiger partial charge in [0, 0.05) is 12.4 Å². The molecular formula is C17H22N2. The zero-order chi connectivity index (χ0) is 13.7. The topological polar surface area (TPSA) is 24.9 Å². The highest BCUT2D eigenvalue weighted by molar-refractivity contribution is 5.37. The lowest BCUT2D eigenvalue weighted by Gasteiger charge is -2.21. The molecule has 1 N–H and O–H groups in total. The van der Waals surface area contributed by atoms with Crippen molar-refractivity contribution in [2.45, 2.75) is 33.2 Å². The predicted molar refractivity (Wildman–Crippen MR) is 80.3 cm³/mol. The first-order valence-corrected chi connectivity index (χ1v) is 6.99. The predicted octanol–water partition coefficient (Wildman–Crippen LogP) is 3.65. The Labute approximate surface area is 115 Å². The van der Waals surface area contributed by atoms with Gasteiger partial charge < -0.3 is 5.32 Å². The largest absolute Gasteiger partial charge is 0.307 e. The first kappa shape index (κ1) is 13.8. The van der Waals surface area contributed by atoms with Gasteiger partial charge in [-0.2, -0.15) is 0 Å². The molecule has 1 aromatic carbocycles. The monoisotopic (exact) mass is 254 g/mol. The van der Waals surface area contributed by atoms with Crippen LogP contribution < -0.4 is 5.32 Å². The van der Waals surface area contributed by atoms with Gasteiger partial charge in [0.05, 0.1) is 6.04 Å². The second-order valence-corrected chi connectivity index (χ2v) is 4.82. The molecule has 2 aromatic rings. The Bertz CT molecular complexity index is 534. The molecule has 1 aromatic heterocycles. The first-order valence-electron chi connectivity index (χ1n) is 6.99. The average Bonchev–Trinajstić information content (AvgIpc) is 2.46. The molecular weight excluding hydrogens is 232 g/mol. The third-order valence-electron chi connectivity index (χ3n) is 3.48. The second-order valence-electron chi connectivity index (χ2n) is 4.82. The van der Waals surface area contributed by atoms with E-state index in [1.165, 1.54) is 22.3 Å². The standard InChI is InChI=1S/C17H22N2/c1-4-14-7-6-8-15(11-14)17(19-5-2)16-9-10-18-12-13(16)3/h6-12,17,19H,4-5H2,1-3H3. The summed E-state index contributed by atoms with van der Waals surface area (Å²) in [4.78, 5) is 4.19. The smallest absolute Gasteiger partial charge is 0.0580 e. The van der Waals surface area contributed by atoms with E-state index in [2.05, 4.69) is 61.4 Å². The maximum atomic E-state index is 4.19. The Morgan fingerprint density at radius 1 is 1.21 bits per heavy atom. The highest BCUT2D eigenvalue weighted by atomic mass is 14.9. The zero-order valence-electron chi connectivity index (χ0n) is 12.0. The summed E-state index contributed by atoms with van der Waals surface area (Å²) in [5, 5.41) is 3.58. The summed E-state index contributed by atoms with van der Waals surface area (Å²) in [5.41, 5.74) is 5.25. The van der Waals surface area contributed by atoms with E-state index in [-0.39, 0.29) is 6.04 Å². The summed E-state index contributed by atoms with van der Waals surface area (Å²) in [6, 6.07) is 11.2. The number of pyridine rings is 1. The fourth-order valence-corrected chi connectivity index (χ4v) is 2.41. The number of aromatic nitrogens is 1. The van der Waals surface area contributed by atoms with Gasteiger partial charge >= 0.3 is 0 Å². The van der Waals surface area contributed by atoms with Crippen LogP contribution in [-0.2, 0) is 6.42 Å². The molecule has 100 valence electrons. The maximum absolute atomic E-state index is 4.19. The number of hydrogen-bond donors (Lipinski definition) is 1. The minimum absolute atomic E-state index is 0.250. The van der Waals surface area contributed by atoms with E-state index in [1.807, 2.05) is 12.4 Å². The third kappa shape index (κ3) is 3.21. The normalized spacial score (nSPS) is 12.4. The molecule has 1 unspecified atom stereocenters. The molecule has 0 fully saturated rings. The molecule has 0 radical (unpaired) electrons. The van der Waals surface area contributed by atoms with Crippen molar-refractivity contribution in [2.24, 2.45) is 0 Å². The van der Waals surface area contributed by atoms with Crippen molar-refractivity contribution < 1.29 is 0 Å². The fourth-order valence-electron chi connectivity index (χ4n) is 2.41. The van der Waals surface area contributed by atoms with Crippen molar-refractivity contribution in [1.29, 1.82) is 0 Å². The van der Waals surface area contributed by atoms with Gasteiger partial charge in [-0.15, -0.1) is 0 Å². The molecule has 1 atom stereocenters. The van der Waals surface area contributed by atoms with Crippen LogP contribution in [0.25, 0.3) is 0 Å². The number of benzene rings is 1.